The molecule has 110 valence electrons. The average Bonchev–Trinajstić information content (AvgIpc) is 3.04. The predicted molar refractivity (Wildman–Crippen MR) is 85.8 cm³/mol. The lowest BCUT2D eigenvalue weighted by molar-refractivity contribution is 0.0946. The predicted octanol–water partition coefficient (Wildman–Crippen LogP) is 3.18. The number of halogens is 1. The van der Waals surface area contributed by atoms with Gasteiger partial charge in [-0.25, -0.2) is 0 Å². The molecule has 0 aliphatic carbocycles. The van der Waals surface area contributed by atoms with Crippen molar-refractivity contribution < 1.29 is 4.79 Å². The van der Waals surface area contributed by atoms with Gasteiger partial charge in [0.05, 0.1) is 17.1 Å². The first kappa shape index (κ1) is 14.6. The van der Waals surface area contributed by atoms with Gasteiger partial charge in [0.1, 0.15) is 0 Å². The molecular weight excluding hydrogens is 320 g/mol. The number of amides is 1. The highest BCUT2D eigenvalue weighted by atomic mass is 35.5. The molecule has 22 heavy (non-hydrogen) atoms. The zero-order chi connectivity index (χ0) is 15.4. The van der Waals surface area contributed by atoms with Crippen molar-refractivity contribution in [3.05, 3.63) is 65.1 Å². The van der Waals surface area contributed by atoms with Crippen LogP contribution in [0.25, 0.3) is 10.4 Å². The van der Waals surface area contributed by atoms with E-state index >= 15 is 0 Å². The molecule has 0 spiro atoms. The van der Waals surface area contributed by atoms with Crippen LogP contribution >= 0.6 is 23.1 Å². The Morgan fingerprint density at radius 3 is 2.73 bits per heavy atom. The summed E-state index contributed by atoms with van der Waals surface area (Å²) in [5.74, 6) is -0.274. The molecule has 7 heteroatoms. The normalized spacial score (nSPS) is 10.4. The summed E-state index contributed by atoms with van der Waals surface area (Å²) in [5.41, 5.74) is 1.96. The van der Waals surface area contributed by atoms with Gasteiger partial charge in [-0.3, -0.25) is 9.78 Å². The Labute approximate surface area is 136 Å². The smallest absolute Gasteiger partial charge is 0.273 e. The first-order valence-corrected chi connectivity index (χ1v) is 7.65. The van der Waals surface area contributed by atoms with E-state index in [0.717, 1.165) is 16.1 Å². The molecule has 5 nitrogen and oxygen atoms in total. The van der Waals surface area contributed by atoms with Crippen LogP contribution < -0.4 is 5.32 Å². The van der Waals surface area contributed by atoms with Crippen molar-refractivity contribution in [2.45, 2.75) is 6.54 Å². The van der Waals surface area contributed by atoms with Crippen LogP contribution in [0.1, 0.15) is 16.2 Å². The molecule has 2 aromatic heterocycles. The molecular formula is C15H11ClN4OS. The third kappa shape index (κ3) is 3.29. The zero-order valence-corrected chi connectivity index (χ0v) is 12.9. The van der Waals surface area contributed by atoms with E-state index in [2.05, 4.69) is 19.9 Å². The second-order valence-corrected chi connectivity index (χ2v) is 5.65. The van der Waals surface area contributed by atoms with Crippen molar-refractivity contribution in [3.63, 3.8) is 0 Å². The quantitative estimate of drug-likeness (QED) is 0.797. The Morgan fingerprint density at radius 1 is 1.18 bits per heavy atom. The van der Waals surface area contributed by atoms with Gasteiger partial charge >= 0.3 is 0 Å². The van der Waals surface area contributed by atoms with Gasteiger partial charge in [-0.15, -0.1) is 5.10 Å². The van der Waals surface area contributed by atoms with Crippen LogP contribution in [0.5, 0.6) is 0 Å². The van der Waals surface area contributed by atoms with E-state index in [1.165, 1.54) is 11.5 Å². The number of hydrogen-bond acceptors (Lipinski definition) is 5. The minimum absolute atomic E-state index is 0.274. The molecule has 2 heterocycles. The summed E-state index contributed by atoms with van der Waals surface area (Å²) in [5, 5.41) is 7.37. The summed E-state index contributed by atoms with van der Waals surface area (Å²) in [6.45, 7) is 0.345. The number of benzene rings is 1. The number of rotatable bonds is 4. The van der Waals surface area contributed by atoms with E-state index in [9.17, 15) is 4.79 Å². The molecule has 1 amide bonds. The van der Waals surface area contributed by atoms with Crippen LogP contribution in [0.4, 0.5) is 0 Å². The molecule has 0 unspecified atom stereocenters. The largest absolute Gasteiger partial charge is 0.345 e. The highest BCUT2D eigenvalue weighted by molar-refractivity contribution is 7.09. The summed E-state index contributed by atoms with van der Waals surface area (Å²) in [6.07, 6.45) is 1.69. The lowest BCUT2D eigenvalue weighted by Crippen LogP contribution is -2.24. The maximum atomic E-state index is 12.3. The maximum absolute atomic E-state index is 12.3. The van der Waals surface area contributed by atoms with E-state index in [-0.39, 0.29) is 5.91 Å². The lowest BCUT2D eigenvalue weighted by atomic mass is 10.1. The number of nitrogens with one attached hydrogen (secondary N) is 1. The molecule has 0 saturated carbocycles. The molecule has 0 atom stereocenters. The first-order valence-electron chi connectivity index (χ1n) is 6.50. The van der Waals surface area contributed by atoms with Gasteiger partial charge < -0.3 is 5.32 Å². The molecule has 0 aliphatic heterocycles. The Balaban J connectivity index is 1.76. The van der Waals surface area contributed by atoms with Crippen LogP contribution in [0, 0.1) is 0 Å². The number of carbonyl (C=O) groups is 1. The Morgan fingerprint density at radius 2 is 2.00 bits per heavy atom. The van der Waals surface area contributed by atoms with E-state index < -0.39 is 0 Å². The molecule has 1 aromatic carbocycles. The topological polar surface area (TPSA) is 67.8 Å². The van der Waals surface area contributed by atoms with Crippen molar-refractivity contribution in [3.8, 4) is 10.4 Å². The summed E-state index contributed by atoms with van der Waals surface area (Å²) in [7, 11) is 0. The molecule has 0 fully saturated rings. The van der Waals surface area contributed by atoms with Crippen molar-refractivity contribution in [2.75, 3.05) is 0 Å². The number of aromatic nitrogens is 3. The Hall–Kier alpha value is -2.31. The zero-order valence-electron chi connectivity index (χ0n) is 11.4. The molecule has 0 saturated heterocycles. The highest BCUT2D eigenvalue weighted by Gasteiger charge is 2.17. The molecule has 0 radical (unpaired) electrons. The molecule has 3 rings (SSSR count). The van der Waals surface area contributed by atoms with Crippen LogP contribution in [0.2, 0.25) is 5.02 Å². The van der Waals surface area contributed by atoms with E-state index in [1.54, 1.807) is 18.3 Å². The SMILES string of the molecule is O=C(NCc1ccccn1)c1nnsc1-c1ccc(Cl)cc1. The number of pyridine rings is 1. The van der Waals surface area contributed by atoms with Crippen molar-refractivity contribution in [1.82, 2.24) is 19.9 Å². The van der Waals surface area contributed by atoms with Crippen LogP contribution in [-0.2, 0) is 6.54 Å². The van der Waals surface area contributed by atoms with Gasteiger partial charge in [-0.05, 0) is 41.4 Å². The molecule has 1 N–H and O–H groups in total. The standard InChI is InChI=1S/C15H11ClN4OS/c16-11-6-4-10(5-7-11)14-13(19-20-22-14)15(21)18-9-12-3-1-2-8-17-12/h1-8H,9H2,(H,18,21). The fourth-order valence-electron chi connectivity index (χ4n) is 1.89. The van der Waals surface area contributed by atoms with Gasteiger partial charge in [0.15, 0.2) is 5.69 Å². The first-order chi connectivity index (χ1) is 10.7. The van der Waals surface area contributed by atoms with Crippen molar-refractivity contribution >= 4 is 29.0 Å². The summed E-state index contributed by atoms with van der Waals surface area (Å²) in [6, 6.07) is 12.8. The monoisotopic (exact) mass is 330 g/mol. The van der Waals surface area contributed by atoms with Crippen LogP contribution in [0.15, 0.2) is 48.7 Å². The van der Waals surface area contributed by atoms with Gasteiger partial charge in [-0.1, -0.05) is 34.3 Å². The molecule has 0 aliphatic rings. The number of carbonyl (C=O) groups excluding carboxylic acids is 1. The van der Waals surface area contributed by atoms with Gasteiger partial charge in [0, 0.05) is 11.2 Å². The van der Waals surface area contributed by atoms with E-state index in [0.29, 0.717) is 17.3 Å². The summed E-state index contributed by atoms with van der Waals surface area (Å²) in [4.78, 5) is 17.2. The van der Waals surface area contributed by atoms with Gasteiger partial charge in [0.25, 0.3) is 5.91 Å². The number of nitrogens with zero attached hydrogens (tertiary/aromatic N) is 3. The fraction of sp³-hybridized carbons (Fsp3) is 0.0667. The Bertz CT molecular complexity index is 774. The molecule has 3 aromatic rings. The number of hydrogen-bond donors (Lipinski definition) is 1. The van der Waals surface area contributed by atoms with E-state index in [4.69, 9.17) is 11.6 Å². The van der Waals surface area contributed by atoms with Crippen LogP contribution in [0.3, 0.4) is 0 Å². The van der Waals surface area contributed by atoms with Crippen molar-refractivity contribution in [1.29, 1.82) is 0 Å². The minimum atomic E-state index is -0.274. The second-order valence-electron chi connectivity index (χ2n) is 4.46. The average molecular weight is 331 g/mol. The third-order valence-corrected chi connectivity index (χ3v) is 3.99. The maximum Gasteiger partial charge on any atom is 0.273 e. The van der Waals surface area contributed by atoms with Gasteiger partial charge in [-0.2, -0.15) is 0 Å². The Kier molecular flexibility index (Phi) is 4.41. The van der Waals surface area contributed by atoms with E-state index in [1.807, 2.05) is 30.3 Å². The lowest BCUT2D eigenvalue weighted by Gasteiger charge is -2.04. The minimum Gasteiger partial charge on any atom is -0.345 e. The fourth-order valence-corrected chi connectivity index (χ4v) is 2.68. The van der Waals surface area contributed by atoms with Gasteiger partial charge in [0.2, 0.25) is 0 Å². The highest BCUT2D eigenvalue weighted by Crippen LogP contribution is 2.27. The second kappa shape index (κ2) is 6.64. The van der Waals surface area contributed by atoms with Crippen LogP contribution in [-0.4, -0.2) is 20.5 Å². The molecule has 0 bridgehead atoms. The summed E-state index contributed by atoms with van der Waals surface area (Å²) >= 11 is 7.06. The summed E-state index contributed by atoms with van der Waals surface area (Å²) < 4.78 is 3.88. The van der Waals surface area contributed by atoms with Crippen molar-refractivity contribution in [2.24, 2.45) is 0 Å². The third-order valence-electron chi connectivity index (χ3n) is 2.97.